The monoisotopic (exact) mass is 474 g/mol. The van der Waals surface area contributed by atoms with Crippen LogP contribution in [-0.2, 0) is 14.0 Å². The van der Waals surface area contributed by atoms with Gasteiger partial charge in [-0.05, 0) is 61.0 Å². The van der Waals surface area contributed by atoms with Crippen LogP contribution in [0.4, 0.5) is 0 Å². The van der Waals surface area contributed by atoms with E-state index >= 15 is 0 Å². The van der Waals surface area contributed by atoms with Crippen molar-refractivity contribution in [3.63, 3.8) is 0 Å². The zero-order chi connectivity index (χ0) is 24.9. The van der Waals surface area contributed by atoms with Crippen molar-refractivity contribution >= 4 is 7.12 Å². The summed E-state index contributed by atoms with van der Waals surface area (Å²) in [5.74, 6) is 0.0661. The van der Waals surface area contributed by atoms with Crippen molar-refractivity contribution in [2.24, 2.45) is 5.92 Å². The number of rotatable bonds is 4. The van der Waals surface area contributed by atoms with Crippen LogP contribution in [0.3, 0.4) is 0 Å². The van der Waals surface area contributed by atoms with Crippen molar-refractivity contribution in [2.75, 3.05) is 0 Å². The van der Waals surface area contributed by atoms with Crippen molar-refractivity contribution < 1.29 is 14.0 Å². The van der Waals surface area contributed by atoms with Crippen molar-refractivity contribution in [3.05, 3.63) is 120 Å². The Morgan fingerprint density at radius 2 is 1.25 bits per heavy atom. The third-order valence-electron chi connectivity index (χ3n) is 8.02. The number of ether oxygens (including phenoxy) is 1. The van der Waals surface area contributed by atoms with E-state index in [1.54, 1.807) is 0 Å². The molecule has 36 heavy (non-hydrogen) atoms. The van der Waals surface area contributed by atoms with Gasteiger partial charge in [-0.25, -0.2) is 0 Å². The molecule has 0 amide bonds. The number of fused-ring (bicyclic) bond motifs is 1. The zero-order valence-electron chi connectivity index (χ0n) is 21.3. The van der Waals surface area contributed by atoms with Crippen LogP contribution < -0.4 is 0 Å². The van der Waals surface area contributed by atoms with Crippen LogP contribution in [0.5, 0.6) is 0 Å². The number of benzene rings is 3. The van der Waals surface area contributed by atoms with Gasteiger partial charge < -0.3 is 14.0 Å². The van der Waals surface area contributed by atoms with E-state index in [-0.39, 0.29) is 12.0 Å². The number of hydrogen-bond donors (Lipinski definition) is 0. The minimum Gasteiger partial charge on any atom is -0.492 e. The molecule has 1 fully saturated rings. The summed E-state index contributed by atoms with van der Waals surface area (Å²) in [5.41, 5.74) is 7.33. The molecule has 1 saturated heterocycles. The van der Waals surface area contributed by atoms with Crippen molar-refractivity contribution in [1.82, 2.24) is 0 Å². The van der Waals surface area contributed by atoms with E-state index in [1.165, 1.54) is 27.8 Å². The molecule has 0 N–H and O–H groups in total. The molecule has 3 nitrogen and oxygen atoms in total. The highest BCUT2D eigenvalue weighted by Gasteiger charge is 2.54. The van der Waals surface area contributed by atoms with Crippen LogP contribution in [0.25, 0.3) is 22.3 Å². The Kier molecular flexibility index (Phi) is 5.55. The molecule has 0 saturated carbocycles. The van der Waals surface area contributed by atoms with Crippen molar-refractivity contribution in [3.8, 4) is 22.3 Å². The molecule has 0 aromatic heterocycles. The van der Waals surface area contributed by atoms with Crippen molar-refractivity contribution in [1.29, 1.82) is 0 Å². The van der Waals surface area contributed by atoms with Gasteiger partial charge in [0.2, 0.25) is 0 Å². The van der Waals surface area contributed by atoms with E-state index in [0.29, 0.717) is 0 Å². The van der Waals surface area contributed by atoms with Crippen LogP contribution in [0.1, 0.15) is 39.4 Å². The van der Waals surface area contributed by atoms with Gasteiger partial charge in [0.1, 0.15) is 6.10 Å². The molecule has 3 aliphatic rings. The summed E-state index contributed by atoms with van der Waals surface area (Å²) < 4.78 is 19.4. The summed E-state index contributed by atoms with van der Waals surface area (Å²) in [5, 5.41) is 0. The minimum absolute atomic E-state index is 0.0661. The number of hydrogen-bond acceptors (Lipinski definition) is 3. The van der Waals surface area contributed by atoms with Crippen LogP contribution in [0.15, 0.2) is 114 Å². The Bertz CT molecular complexity index is 1300. The molecule has 6 rings (SSSR count). The summed E-state index contributed by atoms with van der Waals surface area (Å²) in [6, 6.07) is 27.7. The maximum Gasteiger partial charge on any atom is 0.495 e. The van der Waals surface area contributed by atoms with Gasteiger partial charge in [0.05, 0.1) is 17.5 Å². The van der Waals surface area contributed by atoms with Gasteiger partial charge in [-0.15, -0.1) is 0 Å². The van der Waals surface area contributed by atoms with Gasteiger partial charge in [0, 0.05) is 11.5 Å². The average molecular weight is 474 g/mol. The van der Waals surface area contributed by atoms with E-state index in [1.807, 2.05) is 6.26 Å². The zero-order valence-corrected chi connectivity index (χ0v) is 21.3. The molecule has 0 radical (unpaired) electrons. The van der Waals surface area contributed by atoms with Gasteiger partial charge in [-0.1, -0.05) is 97.1 Å². The normalized spacial score (nSPS) is 23.6. The molecule has 2 heterocycles. The Morgan fingerprint density at radius 3 is 1.81 bits per heavy atom. The van der Waals surface area contributed by atoms with Gasteiger partial charge in [0.25, 0.3) is 0 Å². The highest BCUT2D eigenvalue weighted by Crippen LogP contribution is 2.50. The smallest absolute Gasteiger partial charge is 0.492 e. The molecule has 0 bridgehead atoms. The predicted octanol–water partition coefficient (Wildman–Crippen LogP) is 7.72. The highest BCUT2D eigenvalue weighted by atomic mass is 16.7. The first-order chi connectivity index (χ1) is 17.4. The summed E-state index contributed by atoms with van der Waals surface area (Å²) in [7, 11) is -0.422. The first kappa shape index (κ1) is 23.1. The standard InChI is InChI=1S/C32H31BO3/c1-31(2)32(3,4)36-33(35-31)28-20-12-19-26-27(28)21-34-30(26)29-24(22-13-7-5-8-14-22)17-11-18-25(29)23-15-9-6-10-16-23/h5-21,26,30H,1-4H3. The van der Waals surface area contributed by atoms with Crippen LogP contribution in [0.2, 0.25) is 0 Å². The van der Waals surface area contributed by atoms with Crippen molar-refractivity contribution in [2.45, 2.75) is 45.0 Å². The largest absolute Gasteiger partial charge is 0.495 e. The lowest BCUT2D eigenvalue weighted by Gasteiger charge is -2.32. The third kappa shape index (κ3) is 3.76. The van der Waals surface area contributed by atoms with E-state index in [2.05, 4.69) is 125 Å². The minimum atomic E-state index is -0.422. The molecule has 3 aromatic rings. The fraction of sp³-hybridized carbons (Fsp3) is 0.250. The first-order valence-electron chi connectivity index (χ1n) is 12.7. The van der Waals surface area contributed by atoms with E-state index in [4.69, 9.17) is 14.0 Å². The summed E-state index contributed by atoms with van der Waals surface area (Å²) in [6.45, 7) is 8.37. The maximum absolute atomic E-state index is 6.54. The Balaban J connectivity index is 1.42. The molecule has 2 unspecified atom stereocenters. The average Bonchev–Trinajstić information content (AvgIpc) is 3.41. The maximum atomic E-state index is 6.54. The van der Waals surface area contributed by atoms with Gasteiger partial charge >= 0.3 is 7.12 Å². The topological polar surface area (TPSA) is 27.7 Å². The molecular formula is C32H31BO3. The third-order valence-corrected chi connectivity index (χ3v) is 8.02. The quantitative estimate of drug-likeness (QED) is 0.363. The molecular weight excluding hydrogens is 443 g/mol. The highest BCUT2D eigenvalue weighted by molar-refractivity contribution is 6.56. The molecule has 4 heteroatoms. The molecule has 2 atom stereocenters. The second kappa shape index (κ2) is 8.65. The van der Waals surface area contributed by atoms with E-state index < -0.39 is 18.3 Å². The Hall–Kier alpha value is -3.34. The van der Waals surface area contributed by atoms with E-state index in [9.17, 15) is 0 Å². The predicted molar refractivity (Wildman–Crippen MR) is 146 cm³/mol. The van der Waals surface area contributed by atoms with Gasteiger partial charge in [-0.2, -0.15) is 0 Å². The van der Waals surface area contributed by atoms with Gasteiger partial charge in [0.15, 0.2) is 0 Å². The molecule has 1 aliphatic carbocycles. The first-order valence-corrected chi connectivity index (χ1v) is 12.7. The Labute approximate surface area is 214 Å². The fourth-order valence-corrected chi connectivity index (χ4v) is 5.36. The fourth-order valence-electron chi connectivity index (χ4n) is 5.36. The second-order valence-corrected chi connectivity index (χ2v) is 10.7. The lowest BCUT2D eigenvalue weighted by molar-refractivity contribution is 0.00578. The second-order valence-electron chi connectivity index (χ2n) is 10.7. The molecule has 0 spiro atoms. The molecule has 3 aromatic carbocycles. The van der Waals surface area contributed by atoms with Crippen LogP contribution >= 0.6 is 0 Å². The van der Waals surface area contributed by atoms with Crippen LogP contribution in [0, 0.1) is 5.92 Å². The number of allylic oxidation sites excluding steroid dienone is 3. The van der Waals surface area contributed by atoms with E-state index in [0.717, 1.165) is 11.0 Å². The Morgan fingerprint density at radius 1 is 0.694 bits per heavy atom. The molecule has 180 valence electrons. The van der Waals surface area contributed by atoms with Crippen LogP contribution in [-0.4, -0.2) is 18.3 Å². The van der Waals surface area contributed by atoms with Gasteiger partial charge in [-0.3, -0.25) is 0 Å². The lowest BCUT2D eigenvalue weighted by Crippen LogP contribution is -2.41. The summed E-state index contributed by atoms with van der Waals surface area (Å²) in [4.78, 5) is 0. The lowest BCUT2D eigenvalue weighted by atomic mass is 9.67. The summed E-state index contributed by atoms with van der Waals surface area (Å²) in [6.07, 6.45) is 8.24. The SMILES string of the molecule is CC1(C)OB(C2=CC=CC3C2=COC3c2c(-c3ccccc3)cccc2-c2ccccc2)OC1(C)C. The summed E-state index contributed by atoms with van der Waals surface area (Å²) >= 11 is 0. The molecule has 2 aliphatic heterocycles.